The molecule has 4 atom stereocenters. The lowest BCUT2D eigenvalue weighted by molar-refractivity contribution is -0.0826. The molecule has 1 aromatic carbocycles. The van der Waals surface area contributed by atoms with Gasteiger partial charge in [-0.2, -0.15) is 0 Å². The molecule has 1 saturated carbocycles. The lowest BCUT2D eigenvalue weighted by atomic mass is 9.66. The molecule has 0 saturated heterocycles. The molecule has 1 heterocycles. The predicted molar refractivity (Wildman–Crippen MR) is 111 cm³/mol. The first-order valence-corrected chi connectivity index (χ1v) is 10.5. The summed E-state index contributed by atoms with van der Waals surface area (Å²) in [5.74, 6) is -3.88. The molecular formula is C23H30O7. The molecule has 7 nitrogen and oxygen atoms in total. The van der Waals surface area contributed by atoms with Crippen LogP contribution in [0, 0.1) is 5.92 Å². The lowest BCUT2D eigenvalue weighted by Gasteiger charge is -2.42. The van der Waals surface area contributed by atoms with Gasteiger partial charge in [0.05, 0.1) is 5.60 Å². The number of benzene rings is 1. The van der Waals surface area contributed by atoms with Crippen LogP contribution in [0.3, 0.4) is 0 Å². The number of aliphatic hydroxyl groups is 1. The maximum atomic E-state index is 12.2. The molecule has 1 aliphatic carbocycles. The van der Waals surface area contributed by atoms with Gasteiger partial charge in [0.2, 0.25) is 0 Å². The van der Waals surface area contributed by atoms with Crippen LogP contribution in [-0.2, 0) is 6.42 Å². The molecule has 164 valence electrons. The van der Waals surface area contributed by atoms with Crippen molar-refractivity contribution in [3.63, 3.8) is 0 Å². The van der Waals surface area contributed by atoms with Gasteiger partial charge in [0.15, 0.2) is 0 Å². The fourth-order valence-electron chi connectivity index (χ4n) is 5.07. The fraction of sp³-hybridized carbons (Fsp3) is 0.565. The minimum Gasteiger partial charge on any atom is -0.507 e. The molecule has 4 N–H and O–H groups in total. The maximum Gasteiger partial charge on any atom is 0.339 e. The summed E-state index contributed by atoms with van der Waals surface area (Å²) in [6.45, 7) is 9.48. The van der Waals surface area contributed by atoms with Crippen LogP contribution in [-0.4, -0.2) is 44.1 Å². The van der Waals surface area contributed by atoms with E-state index in [1.807, 2.05) is 13.8 Å². The zero-order chi connectivity index (χ0) is 22.4. The van der Waals surface area contributed by atoms with E-state index in [-0.39, 0.29) is 40.3 Å². The van der Waals surface area contributed by atoms with Crippen molar-refractivity contribution in [1.82, 2.24) is 0 Å². The van der Waals surface area contributed by atoms with E-state index in [9.17, 15) is 30.0 Å². The molecule has 0 spiro atoms. The largest absolute Gasteiger partial charge is 0.507 e. The van der Waals surface area contributed by atoms with Crippen LogP contribution in [0.15, 0.2) is 12.2 Å². The Morgan fingerprint density at radius 1 is 1.20 bits per heavy atom. The summed E-state index contributed by atoms with van der Waals surface area (Å²) in [6.07, 6.45) is 2.69. The van der Waals surface area contributed by atoms with Crippen molar-refractivity contribution in [2.24, 2.45) is 5.92 Å². The first kappa shape index (κ1) is 22.2. The minimum absolute atomic E-state index is 0.0140. The summed E-state index contributed by atoms with van der Waals surface area (Å²) < 4.78 is 6.04. The molecule has 3 rings (SSSR count). The van der Waals surface area contributed by atoms with Crippen molar-refractivity contribution in [2.75, 3.05) is 0 Å². The minimum atomic E-state index is -1.37. The Morgan fingerprint density at radius 3 is 2.37 bits per heavy atom. The Hall–Kier alpha value is -2.54. The van der Waals surface area contributed by atoms with Gasteiger partial charge in [-0.25, -0.2) is 9.59 Å². The molecule has 1 aliphatic heterocycles. The Kier molecular flexibility index (Phi) is 5.87. The van der Waals surface area contributed by atoms with Gasteiger partial charge in [0, 0.05) is 11.5 Å². The summed E-state index contributed by atoms with van der Waals surface area (Å²) in [5, 5.41) is 41.9. The highest BCUT2D eigenvalue weighted by Gasteiger charge is 2.55. The monoisotopic (exact) mass is 418 g/mol. The topological polar surface area (TPSA) is 124 Å². The van der Waals surface area contributed by atoms with Gasteiger partial charge in [-0.15, -0.1) is 0 Å². The van der Waals surface area contributed by atoms with E-state index >= 15 is 0 Å². The molecule has 30 heavy (non-hydrogen) atoms. The van der Waals surface area contributed by atoms with E-state index in [4.69, 9.17) is 4.74 Å². The number of carboxylic acid groups (broad SMARTS) is 2. The highest BCUT2D eigenvalue weighted by atomic mass is 16.5. The van der Waals surface area contributed by atoms with Crippen LogP contribution in [0.4, 0.5) is 0 Å². The highest BCUT2D eigenvalue weighted by Crippen LogP contribution is 2.58. The molecular weight excluding hydrogens is 388 g/mol. The van der Waals surface area contributed by atoms with Crippen LogP contribution >= 0.6 is 0 Å². The average molecular weight is 418 g/mol. The van der Waals surface area contributed by atoms with Crippen LogP contribution in [0.5, 0.6) is 11.5 Å². The van der Waals surface area contributed by atoms with Gasteiger partial charge in [0.25, 0.3) is 0 Å². The van der Waals surface area contributed by atoms with Gasteiger partial charge in [-0.1, -0.05) is 31.9 Å². The molecule has 0 amide bonds. The van der Waals surface area contributed by atoms with Crippen LogP contribution in [0.1, 0.15) is 90.6 Å². The first-order valence-electron chi connectivity index (χ1n) is 10.5. The molecule has 0 aromatic heterocycles. The number of hydrogen-bond acceptors (Lipinski definition) is 5. The van der Waals surface area contributed by atoms with Gasteiger partial charge in [-0.3, -0.25) is 0 Å². The van der Waals surface area contributed by atoms with Crippen LogP contribution in [0.2, 0.25) is 0 Å². The molecule has 0 radical (unpaired) electrons. The van der Waals surface area contributed by atoms with E-state index in [2.05, 4.69) is 6.58 Å². The number of hydrogen-bond donors (Lipinski definition) is 4. The van der Waals surface area contributed by atoms with Crippen molar-refractivity contribution < 1.29 is 34.8 Å². The first-order chi connectivity index (χ1) is 14.0. The standard InChI is InChI=1S/C23H30O7/c1-5-6-7-8-13-15(21(25)26)18(24)17-14-12(11(2)3)9-10-23(4,29)20(14)30-19(17)16(13)22(27)28/h12,14,20,24,29H,2,5-10H2,1,3-4H3,(H,25,26)(H,27,28)/t12-,14+,20-,23-/m0/s1. The van der Waals surface area contributed by atoms with E-state index < -0.39 is 35.3 Å². The zero-order valence-electron chi connectivity index (χ0n) is 17.7. The molecule has 1 fully saturated rings. The van der Waals surface area contributed by atoms with E-state index in [1.165, 1.54) is 0 Å². The second-order valence-electron chi connectivity index (χ2n) is 8.80. The summed E-state index contributed by atoms with van der Waals surface area (Å²) in [4.78, 5) is 24.3. The number of rotatable bonds is 7. The second kappa shape index (κ2) is 7.95. The molecule has 0 bridgehead atoms. The Morgan fingerprint density at radius 2 is 1.83 bits per heavy atom. The Balaban J connectivity index is 2.31. The number of allylic oxidation sites excluding steroid dienone is 1. The Labute approximate surface area is 176 Å². The third-order valence-electron chi connectivity index (χ3n) is 6.57. The molecule has 7 heteroatoms. The van der Waals surface area contributed by atoms with Crippen molar-refractivity contribution >= 4 is 11.9 Å². The van der Waals surface area contributed by atoms with Crippen LogP contribution < -0.4 is 4.74 Å². The molecule has 2 aliphatic rings. The number of fused-ring (bicyclic) bond motifs is 3. The van der Waals surface area contributed by atoms with Gasteiger partial charge in [-0.05, 0) is 51.0 Å². The van der Waals surface area contributed by atoms with Crippen molar-refractivity contribution in [3.05, 3.63) is 34.4 Å². The summed E-state index contributed by atoms with van der Waals surface area (Å²) in [7, 11) is 0. The number of carboxylic acids is 2. The smallest absolute Gasteiger partial charge is 0.339 e. The van der Waals surface area contributed by atoms with Gasteiger partial charge >= 0.3 is 11.9 Å². The zero-order valence-corrected chi connectivity index (χ0v) is 17.7. The average Bonchev–Trinajstić information content (AvgIpc) is 3.03. The quantitative estimate of drug-likeness (QED) is 0.388. The number of unbranched alkanes of at least 4 members (excludes halogenated alkanes) is 2. The number of carbonyl (C=O) groups is 2. The van der Waals surface area contributed by atoms with E-state index in [0.29, 0.717) is 19.3 Å². The van der Waals surface area contributed by atoms with Crippen molar-refractivity contribution in [3.8, 4) is 11.5 Å². The molecule has 0 unspecified atom stereocenters. The third kappa shape index (κ3) is 3.45. The fourth-order valence-corrected chi connectivity index (χ4v) is 5.07. The van der Waals surface area contributed by atoms with Gasteiger partial charge in [0.1, 0.15) is 28.7 Å². The highest BCUT2D eigenvalue weighted by molar-refractivity contribution is 6.02. The number of ether oxygens (including phenoxy) is 1. The number of aromatic hydroxyl groups is 1. The normalized spacial score (nSPS) is 27.1. The number of aromatic carboxylic acids is 2. The Bertz CT molecular complexity index is 900. The second-order valence-corrected chi connectivity index (χ2v) is 8.80. The number of phenols is 1. The summed E-state index contributed by atoms with van der Waals surface area (Å²) in [5.41, 5.74) is -0.785. The predicted octanol–water partition coefficient (Wildman–Crippen LogP) is 4.10. The van der Waals surface area contributed by atoms with Gasteiger partial charge < -0.3 is 25.2 Å². The van der Waals surface area contributed by atoms with Crippen molar-refractivity contribution in [1.29, 1.82) is 0 Å². The van der Waals surface area contributed by atoms with Crippen LogP contribution in [0.25, 0.3) is 0 Å². The van der Waals surface area contributed by atoms with Crippen molar-refractivity contribution in [2.45, 2.75) is 76.9 Å². The van der Waals surface area contributed by atoms with E-state index in [1.54, 1.807) is 6.92 Å². The van der Waals surface area contributed by atoms with E-state index in [0.717, 1.165) is 18.4 Å². The third-order valence-corrected chi connectivity index (χ3v) is 6.57. The lowest BCUT2D eigenvalue weighted by Crippen LogP contribution is -2.50. The summed E-state index contributed by atoms with van der Waals surface area (Å²) in [6, 6.07) is 0. The SMILES string of the molecule is C=C(C)[C@@H]1CC[C@](C)(O)[C@H]2Oc3c(C(=O)O)c(CCCCC)c(C(=O)O)c(O)c3[C@@H]12. The summed E-state index contributed by atoms with van der Waals surface area (Å²) >= 11 is 0. The molecule has 1 aromatic rings. The maximum absolute atomic E-state index is 12.2.